The summed E-state index contributed by atoms with van der Waals surface area (Å²) < 4.78 is 17.8. The lowest BCUT2D eigenvalue weighted by molar-refractivity contribution is -0.233. The van der Waals surface area contributed by atoms with Crippen LogP contribution in [-0.2, 0) is 20.7 Å². The van der Waals surface area contributed by atoms with E-state index >= 15 is 0 Å². The van der Waals surface area contributed by atoms with E-state index in [0.717, 1.165) is 19.3 Å². The minimum absolute atomic E-state index is 0.0774. The number of carbonyl (C=O) groups is 1. The van der Waals surface area contributed by atoms with Crippen molar-refractivity contribution in [3.05, 3.63) is 29.3 Å². The van der Waals surface area contributed by atoms with E-state index in [-0.39, 0.29) is 16.2 Å². The minimum Gasteiger partial charge on any atom is -0.427 e. The Morgan fingerprint density at radius 3 is 2.78 bits per heavy atom. The average Bonchev–Trinajstić information content (AvgIpc) is 3.21. The van der Waals surface area contributed by atoms with Crippen LogP contribution in [0, 0.1) is 17.3 Å². The van der Waals surface area contributed by atoms with E-state index in [9.17, 15) is 4.79 Å². The number of ether oxygens (including phenoxy) is 3. The molecule has 0 radical (unpaired) electrons. The van der Waals surface area contributed by atoms with Gasteiger partial charge in [0, 0.05) is 12.3 Å². The number of rotatable bonds is 1. The van der Waals surface area contributed by atoms with Crippen molar-refractivity contribution in [2.75, 3.05) is 13.2 Å². The molecule has 1 aromatic rings. The second-order valence-electron chi connectivity index (χ2n) is 8.89. The summed E-state index contributed by atoms with van der Waals surface area (Å²) in [6.45, 7) is 5.28. The predicted octanol–water partition coefficient (Wildman–Crippen LogP) is 4.58. The quantitative estimate of drug-likeness (QED) is 0.368. The lowest BCUT2D eigenvalue weighted by atomic mass is 9.55. The van der Waals surface area contributed by atoms with Gasteiger partial charge in [-0.05, 0) is 73.1 Å². The molecule has 4 nitrogen and oxygen atoms in total. The molecule has 146 valence electrons. The molecule has 0 N–H and O–H groups in total. The van der Waals surface area contributed by atoms with Crippen molar-refractivity contribution in [1.82, 2.24) is 0 Å². The maximum atomic E-state index is 11.3. The van der Waals surface area contributed by atoms with Crippen molar-refractivity contribution in [3.63, 3.8) is 0 Å². The average molecular weight is 435 g/mol. The van der Waals surface area contributed by atoms with Crippen LogP contribution in [0.4, 0.5) is 0 Å². The summed E-state index contributed by atoms with van der Waals surface area (Å²) in [5.74, 6) is 1.85. The van der Waals surface area contributed by atoms with Gasteiger partial charge in [-0.2, -0.15) is 0 Å². The molecule has 0 bridgehead atoms. The van der Waals surface area contributed by atoms with Crippen molar-refractivity contribution < 1.29 is 19.0 Å². The van der Waals surface area contributed by atoms with Crippen molar-refractivity contribution in [2.45, 2.75) is 62.5 Å². The van der Waals surface area contributed by atoms with E-state index in [1.165, 1.54) is 30.9 Å². The number of fused-ring (bicyclic) bond motifs is 6. The van der Waals surface area contributed by atoms with Crippen LogP contribution in [0.1, 0.15) is 56.6 Å². The standard InChI is InChI=1S/C22H27BrO4/c1-13(24)27-15-4-6-16-14(11-15)3-5-18-17(16)7-8-21(2)19(18)12-20(23)22(21)25-9-10-26-22/h4,6,11,17-20H,3,5,7-10,12H2,1-2H3/t17-,18-,19+,20?,21+/m1/s1. The van der Waals surface area contributed by atoms with Gasteiger partial charge >= 0.3 is 5.97 Å². The molecule has 5 rings (SSSR count). The maximum Gasteiger partial charge on any atom is 0.308 e. The Bertz CT molecular complexity index is 772. The minimum atomic E-state index is -0.442. The maximum absolute atomic E-state index is 11.3. The van der Waals surface area contributed by atoms with Crippen LogP contribution < -0.4 is 4.74 Å². The van der Waals surface area contributed by atoms with Gasteiger partial charge in [0.05, 0.1) is 18.0 Å². The Kier molecular flexibility index (Phi) is 4.23. The van der Waals surface area contributed by atoms with Crippen molar-refractivity contribution in [1.29, 1.82) is 0 Å². The summed E-state index contributed by atoms with van der Waals surface area (Å²) in [6, 6.07) is 6.24. The lowest BCUT2D eigenvalue weighted by Gasteiger charge is -2.52. The zero-order chi connectivity index (χ0) is 18.8. The van der Waals surface area contributed by atoms with Gasteiger partial charge < -0.3 is 14.2 Å². The Hall–Kier alpha value is -0.910. The van der Waals surface area contributed by atoms with Crippen molar-refractivity contribution >= 4 is 21.9 Å². The smallest absolute Gasteiger partial charge is 0.308 e. The van der Waals surface area contributed by atoms with Gasteiger partial charge in [-0.3, -0.25) is 4.79 Å². The highest BCUT2D eigenvalue weighted by atomic mass is 79.9. The topological polar surface area (TPSA) is 44.8 Å². The van der Waals surface area contributed by atoms with Crippen LogP contribution in [-0.4, -0.2) is 29.8 Å². The highest BCUT2D eigenvalue weighted by Gasteiger charge is 2.68. The third-order valence-electron chi connectivity index (χ3n) is 7.73. The second-order valence-corrected chi connectivity index (χ2v) is 10.00. The van der Waals surface area contributed by atoms with E-state index in [0.29, 0.717) is 36.7 Å². The van der Waals surface area contributed by atoms with E-state index < -0.39 is 5.79 Å². The van der Waals surface area contributed by atoms with Crippen LogP contribution in [0.2, 0.25) is 0 Å². The Balaban J connectivity index is 1.46. The molecule has 4 aliphatic rings. The molecule has 1 heterocycles. The molecule has 3 aliphatic carbocycles. The Labute approximate surface area is 169 Å². The number of halogens is 1. The summed E-state index contributed by atoms with van der Waals surface area (Å²) in [5, 5.41) is 0. The molecule has 3 fully saturated rings. The van der Waals surface area contributed by atoms with E-state index in [1.807, 2.05) is 6.07 Å². The van der Waals surface area contributed by atoms with E-state index in [4.69, 9.17) is 14.2 Å². The Morgan fingerprint density at radius 1 is 1.26 bits per heavy atom. The summed E-state index contributed by atoms with van der Waals surface area (Å²) in [6.07, 6.45) is 5.67. The van der Waals surface area contributed by atoms with Gasteiger partial charge in [0.15, 0.2) is 5.79 Å². The molecule has 1 saturated heterocycles. The first-order valence-electron chi connectivity index (χ1n) is 10.2. The van der Waals surface area contributed by atoms with Crippen LogP contribution >= 0.6 is 15.9 Å². The number of hydrogen-bond donors (Lipinski definition) is 0. The van der Waals surface area contributed by atoms with Gasteiger partial charge in [-0.15, -0.1) is 0 Å². The number of benzene rings is 1. The normalized spacial score (nSPS) is 38.9. The van der Waals surface area contributed by atoms with Crippen molar-refractivity contribution in [3.8, 4) is 5.75 Å². The summed E-state index contributed by atoms with van der Waals surface area (Å²) in [4.78, 5) is 11.5. The monoisotopic (exact) mass is 434 g/mol. The highest BCUT2D eigenvalue weighted by Crippen LogP contribution is 2.67. The SMILES string of the molecule is CC(=O)Oc1ccc2c(c1)CC[C@@H]1[C@@H]2CC[C@@]2(C)[C@H]1CC(Br)C21OCCO1. The molecule has 0 aromatic heterocycles. The van der Waals surface area contributed by atoms with Gasteiger partial charge in [-0.25, -0.2) is 0 Å². The highest BCUT2D eigenvalue weighted by molar-refractivity contribution is 9.09. The molecule has 2 saturated carbocycles. The number of esters is 1. The number of aryl methyl sites for hydroxylation is 1. The van der Waals surface area contributed by atoms with Crippen LogP contribution in [0.25, 0.3) is 0 Å². The van der Waals surface area contributed by atoms with E-state index in [2.05, 4.69) is 35.0 Å². The first-order valence-corrected chi connectivity index (χ1v) is 11.1. The molecule has 1 aliphatic heterocycles. The van der Waals surface area contributed by atoms with Gasteiger partial charge in [-0.1, -0.05) is 28.9 Å². The van der Waals surface area contributed by atoms with Gasteiger partial charge in [0.2, 0.25) is 0 Å². The fourth-order valence-corrected chi connectivity index (χ4v) is 7.84. The Morgan fingerprint density at radius 2 is 2.04 bits per heavy atom. The molecule has 1 aromatic carbocycles. The lowest BCUT2D eigenvalue weighted by Crippen LogP contribution is -2.53. The molecule has 0 amide bonds. The fraction of sp³-hybridized carbons (Fsp3) is 0.682. The molecule has 5 heteroatoms. The molecule has 5 atom stereocenters. The summed E-state index contributed by atoms with van der Waals surface area (Å²) >= 11 is 3.93. The predicted molar refractivity (Wildman–Crippen MR) is 105 cm³/mol. The van der Waals surface area contributed by atoms with Crippen LogP contribution in [0.3, 0.4) is 0 Å². The molecule has 1 unspecified atom stereocenters. The molecule has 27 heavy (non-hydrogen) atoms. The third kappa shape index (κ3) is 2.50. The van der Waals surface area contributed by atoms with E-state index in [1.54, 1.807) is 0 Å². The van der Waals surface area contributed by atoms with Crippen LogP contribution in [0.5, 0.6) is 5.75 Å². The molecular formula is C22H27BrO4. The first-order chi connectivity index (χ1) is 12.9. The van der Waals surface area contributed by atoms with Crippen molar-refractivity contribution in [2.24, 2.45) is 17.3 Å². The zero-order valence-corrected chi connectivity index (χ0v) is 17.6. The number of hydrogen-bond acceptors (Lipinski definition) is 4. The number of carbonyl (C=O) groups excluding carboxylic acids is 1. The van der Waals surface area contributed by atoms with Gasteiger partial charge in [0.1, 0.15) is 5.75 Å². The molecular weight excluding hydrogens is 408 g/mol. The largest absolute Gasteiger partial charge is 0.427 e. The summed E-state index contributed by atoms with van der Waals surface area (Å²) in [7, 11) is 0. The second kappa shape index (κ2) is 6.30. The fourth-order valence-electron chi connectivity index (χ4n) is 6.65. The molecule has 1 spiro atoms. The zero-order valence-electron chi connectivity index (χ0n) is 16.0. The third-order valence-corrected chi connectivity index (χ3v) is 8.71. The van der Waals surface area contributed by atoms with Crippen LogP contribution in [0.15, 0.2) is 18.2 Å². The number of alkyl halides is 1. The summed E-state index contributed by atoms with van der Waals surface area (Å²) in [5.41, 5.74) is 2.90. The first kappa shape index (κ1) is 18.1. The van der Waals surface area contributed by atoms with Gasteiger partial charge in [0.25, 0.3) is 0 Å².